The predicted octanol–water partition coefficient (Wildman–Crippen LogP) is 3.42. The second-order valence-corrected chi connectivity index (χ2v) is 6.01. The first-order chi connectivity index (χ1) is 9.63. The van der Waals surface area contributed by atoms with Crippen molar-refractivity contribution in [2.75, 3.05) is 13.1 Å². The van der Waals surface area contributed by atoms with Crippen LogP contribution in [-0.4, -0.2) is 30.1 Å². The van der Waals surface area contributed by atoms with Gasteiger partial charge < -0.3 is 5.32 Å². The molecule has 0 aliphatic carbocycles. The van der Waals surface area contributed by atoms with Crippen LogP contribution in [0.2, 0.25) is 0 Å². The maximum Gasteiger partial charge on any atom is 0.127 e. The lowest BCUT2D eigenvalue weighted by Crippen LogP contribution is -2.53. The molecule has 1 aromatic rings. The molecular formula is C17H27FN2. The van der Waals surface area contributed by atoms with Gasteiger partial charge in [0.1, 0.15) is 5.82 Å². The summed E-state index contributed by atoms with van der Waals surface area (Å²) >= 11 is 0. The number of benzene rings is 1. The van der Waals surface area contributed by atoms with Gasteiger partial charge in [-0.15, -0.1) is 0 Å². The highest BCUT2D eigenvalue weighted by Gasteiger charge is 2.32. The largest absolute Gasteiger partial charge is 0.314 e. The summed E-state index contributed by atoms with van der Waals surface area (Å²) in [5.41, 5.74) is 0.812. The van der Waals surface area contributed by atoms with Crippen LogP contribution in [0, 0.1) is 11.7 Å². The molecular weight excluding hydrogens is 251 g/mol. The molecule has 0 aromatic heterocycles. The molecule has 3 atom stereocenters. The summed E-state index contributed by atoms with van der Waals surface area (Å²) in [6, 6.07) is 8.21. The molecule has 1 aliphatic rings. The normalized spacial score (nSPS) is 27.7. The summed E-state index contributed by atoms with van der Waals surface area (Å²) < 4.78 is 13.8. The molecule has 1 aliphatic heterocycles. The van der Waals surface area contributed by atoms with Gasteiger partial charge in [-0.25, -0.2) is 4.39 Å². The number of piperidine rings is 1. The van der Waals surface area contributed by atoms with Gasteiger partial charge in [-0.3, -0.25) is 4.90 Å². The molecule has 2 rings (SSSR count). The van der Waals surface area contributed by atoms with E-state index < -0.39 is 0 Å². The first kappa shape index (κ1) is 15.5. The Hall–Kier alpha value is -0.930. The topological polar surface area (TPSA) is 15.3 Å². The Bertz CT molecular complexity index is 421. The molecule has 1 N–H and O–H groups in total. The van der Waals surface area contributed by atoms with Crippen molar-refractivity contribution in [2.45, 2.75) is 52.2 Å². The SMILES string of the molecule is CCCNC1CCN(Cc2ccccc2F)C(C)C1C. The lowest BCUT2D eigenvalue weighted by Gasteiger charge is -2.43. The van der Waals surface area contributed by atoms with E-state index in [4.69, 9.17) is 0 Å². The first-order valence-corrected chi connectivity index (χ1v) is 7.84. The van der Waals surface area contributed by atoms with Crippen LogP contribution in [0.4, 0.5) is 4.39 Å². The Kier molecular flexibility index (Phi) is 5.55. The van der Waals surface area contributed by atoms with Crippen molar-refractivity contribution in [1.29, 1.82) is 0 Å². The van der Waals surface area contributed by atoms with Gasteiger partial charge in [0.25, 0.3) is 0 Å². The fourth-order valence-electron chi connectivity index (χ4n) is 3.13. The molecule has 0 radical (unpaired) electrons. The Morgan fingerprint density at radius 2 is 2.05 bits per heavy atom. The molecule has 20 heavy (non-hydrogen) atoms. The lowest BCUT2D eigenvalue weighted by molar-refractivity contribution is 0.0775. The molecule has 1 aromatic carbocycles. The lowest BCUT2D eigenvalue weighted by atomic mass is 9.86. The van der Waals surface area contributed by atoms with E-state index in [2.05, 4.69) is 31.0 Å². The van der Waals surface area contributed by atoms with Crippen LogP contribution in [0.3, 0.4) is 0 Å². The Morgan fingerprint density at radius 1 is 1.30 bits per heavy atom. The maximum absolute atomic E-state index is 13.8. The minimum atomic E-state index is -0.0846. The van der Waals surface area contributed by atoms with Crippen LogP contribution in [0.15, 0.2) is 24.3 Å². The molecule has 0 spiro atoms. The molecule has 1 fully saturated rings. The van der Waals surface area contributed by atoms with E-state index in [1.807, 2.05) is 12.1 Å². The number of halogens is 1. The van der Waals surface area contributed by atoms with Crippen molar-refractivity contribution >= 4 is 0 Å². The number of hydrogen-bond donors (Lipinski definition) is 1. The second kappa shape index (κ2) is 7.19. The van der Waals surface area contributed by atoms with E-state index in [-0.39, 0.29) is 5.82 Å². The molecule has 1 saturated heterocycles. The van der Waals surface area contributed by atoms with Gasteiger partial charge in [-0.2, -0.15) is 0 Å². The highest BCUT2D eigenvalue weighted by atomic mass is 19.1. The van der Waals surface area contributed by atoms with Crippen molar-refractivity contribution < 1.29 is 4.39 Å². The average Bonchev–Trinajstić information content (AvgIpc) is 2.45. The minimum absolute atomic E-state index is 0.0846. The third kappa shape index (κ3) is 3.58. The van der Waals surface area contributed by atoms with E-state index in [1.54, 1.807) is 12.1 Å². The second-order valence-electron chi connectivity index (χ2n) is 6.01. The average molecular weight is 278 g/mol. The quantitative estimate of drug-likeness (QED) is 0.888. The monoisotopic (exact) mass is 278 g/mol. The minimum Gasteiger partial charge on any atom is -0.314 e. The molecule has 2 nitrogen and oxygen atoms in total. The van der Waals surface area contributed by atoms with Crippen LogP contribution < -0.4 is 5.32 Å². The number of likely N-dealkylation sites (tertiary alicyclic amines) is 1. The highest BCUT2D eigenvalue weighted by Crippen LogP contribution is 2.25. The molecule has 0 bridgehead atoms. The van der Waals surface area contributed by atoms with Gasteiger partial charge in [0.05, 0.1) is 0 Å². The van der Waals surface area contributed by atoms with Crippen LogP contribution in [-0.2, 0) is 6.54 Å². The van der Waals surface area contributed by atoms with Gasteiger partial charge in [-0.1, -0.05) is 32.0 Å². The van der Waals surface area contributed by atoms with Gasteiger partial charge in [0.15, 0.2) is 0 Å². The number of hydrogen-bond acceptors (Lipinski definition) is 2. The van der Waals surface area contributed by atoms with Crippen LogP contribution in [0.5, 0.6) is 0 Å². The zero-order chi connectivity index (χ0) is 14.5. The van der Waals surface area contributed by atoms with Crippen molar-refractivity contribution in [2.24, 2.45) is 5.92 Å². The van der Waals surface area contributed by atoms with Crippen LogP contribution in [0.1, 0.15) is 39.2 Å². The van der Waals surface area contributed by atoms with Crippen molar-refractivity contribution in [3.05, 3.63) is 35.6 Å². The number of rotatable bonds is 5. The summed E-state index contributed by atoms with van der Waals surface area (Å²) in [5.74, 6) is 0.514. The van der Waals surface area contributed by atoms with Crippen molar-refractivity contribution in [3.8, 4) is 0 Å². The number of nitrogens with one attached hydrogen (secondary N) is 1. The summed E-state index contributed by atoms with van der Waals surface area (Å²) in [5, 5.41) is 3.65. The predicted molar refractivity (Wildman–Crippen MR) is 82.1 cm³/mol. The molecule has 1 heterocycles. The van der Waals surface area contributed by atoms with Gasteiger partial charge >= 0.3 is 0 Å². The molecule has 0 saturated carbocycles. The number of nitrogens with zero attached hydrogens (tertiary/aromatic N) is 1. The molecule has 0 amide bonds. The van der Waals surface area contributed by atoms with E-state index in [9.17, 15) is 4.39 Å². The Morgan fingerprint density at radius 3 is 2.75 bits per heavy atom. The van der Waals surface area contributed by atoms with Crippen molar-refractivity contribution in [3.63, 3.8) is 0 Å². The summed E-state index contributed by atoms with van der Waals surface area (Å²) in [6.45, 7) is 9.64. The van der Waals surface area contributed by atoms with Crippen LogP contribution >= 0.6 is 0 Å². The third-order valence-corrected chi connectivity index (χ3v) is 4.69. The fraction of sp³-hybridized carbons (Fsp3) is 0.647. The Labute approximate surface area is 122 Å². The first-order valence-electron chi connectivity index (χ1n) is 7.84. The fourth-order valence-corrected chi connectivity index (χ4v) is 3.13. The zero-order valence-corrected chi connectivity index (χ0v) is 12.9. The van der Waals surface area contributed by atoms with Crippen molar-refractivity contribution in [1.82, 2.24) is 10.2 Å². The van der Waals surface area contributed by atoms with E-state index in [1.165, 1.54) is 6.42 Å². The standard InChI is InChI=1S/C17H27FN2/c1-4-10-19-17-9-11-20(14(3)13(17)2)12-15-7-5-6-8-16(15)18/h5-8,13-14,17,19H,4,9-12H2,1-3H3. The van der Waals surface area contributed by atoms with E-state index in [0.717, 1.165) is 31.6 Å². The Balaban J connectivity index is 1.97. The van der Waals surface area contributed by atoms with Gasteiger partial charge in [0.2, 0.25) is 0 Å². The van der Waals surface area contributed by atoms with Crippen LogP contribution in [0.25, 0.3) is 0 Å². The third-order valence-electron chi connectivity index (χ3n) is 4.69. The molecule has 112 valence electrons. The summed E-state index contributed by atoms with van der Waals surface area (Å²) in [7, 11) is 0. The zero-order valence-electron chi connectivity index (χ0n) is 12.9. The smallest absolute Gasteiger partial charge is 0.127 e. The molecule has 3 unspecified atom stereocenters. The summed E-state index contributed by atoms with van der Waals surface area (Å²) in [4.78, 5) is 2.41. The van der Waals surface area contributed by atoms with E-state index in [0.29, 0.717) is 18.0 Å². The van der Waals surface area contributed by atoms with Gasteiger partial charge in [0, 0.05) is 30.7 Å². The van der Waals surface area contributed by atoms with Gasteiger partial charge in [-0.05, 0) is 38.3 Å². The highest BCUT2D eigenvalue weighted by molar-refractivity contribution is 5.17. The van der Waals surface area contributed by atoms with E-state index >= 15 is 0 Å². The molecule has 3 heteroatoms. The maximum atomic E-state index is 13.8. The summed E-state index contributed by atoms with van der Waals surface area (Å²) in [6.07, 6.45) is 2.33.